The number of hydrogen-bond donors (Lipinski definition) is 1. The SMILES string of the molecule is C[C@H](NC1CCOC2(CCOC2)C1)c1ccc(F)cc1. The Kier molecular flexibility index (Phi) is 4.06. The van der Waals surface area contributed by atoms with Crippen LogP contribution in [0.3, 0.4) is 0 Å². The first-order chi connectivity index (χ1) is 9.67. The van der Waals surface area contributed by atoms with E-state index in [1.165, 1.54) is 12.1 Å². The van der Waals surface area contributed by atoms with Crippen LogP contribution in [0.25, 0.3) is 0 Å². The first-order valence-electron chi connectivity index (χ1n) is 7.40. The molecule has 0 radical (unpaired) electrons. The summed E-state index contributed by atoms with van der Waals surface area (Å²) in [6, 6.07) is 7.39. The van der Waals surface area contributed by atoms with E-state index in [2.05, 4.69) is 12.2 Å². The molecule has 3 nitrogen and oxygen atoms in total. The average molecular weight is 279 g/mol. The molecule has 2 aliphatic heterocycles. The van der Waals surface area contributed by atoms with Gasteiger partial charge in [0, 0.05) is 31.7 Å². The van der Waals surface area contributed by atoms with Crippen LogP contribution in [0, 0.1) is 5.82 Å². The van der Waals surface area contributed by atoms with E-state index in [1.807, 2.05) is 12.1 Å². The highest BCUT2D eigenvalue weighted by molar-refractivity contribution is 5.19. The van der Waals surface area contributed by atoms with Crippen molar-refractivity contribution in [1.29, 1.82) is 0 Å². The lowest BCUT2D eigenvalue weighted by Crippen LogP contribution is -2.48. The minimum absolute atomic E-state index is 0.0710. The number of rotatable bonds is 3. The van der Waals surface area contributed by atoms with Crippen molar-refractivity contribution in [1.82, 2.24) is 5.32 Å². The maximum atomic E-state index is 13.0. The molecule has 1 N–H and O–H groups in total. The molecule has 0 saturated carbocycles. The van der Waals surface area contributed by atoms with Crippen LogP contribution < -0.4 is 5.32 Å². The maximum Gasteiger partial charge on any atom is 0.123 e. The topological polar surface area (TPSA) is 30.5 Å². The van der Waals surface area contributed by atoms with E-state index >= 15 is 0 Å². The van der Waals surface area contributed by atoms with Gasteiger partial charge in [0.2, 0.25) is 0 Å². The van der Waals surface area contributed by atoms with Gasteiger partial charge in [0.25, 0.3) is 0 Å². The van der Waals surface area contributed by atoms with Crippen molar-refractivity contribution >= 4 is 0 Å². The molecule has 1 spiro atoms. The smallest absolute Gasteiger partial charge is 0.123 e. The Labute approximate surface area is 119 Å². The highest BCUT2D eigenvalue weighted by Crippen LogP contribution is 2.33. The highest BCUT2D eigenvalue weighted by atomic mass is 19.1. The van der Waals surface area contributed by atoms with E-state index in [-0.39, 0.29) is 17.5 Å². The van der Waals surface area contributed by atoms with Crippen LogP contribution in [-0.2, 0) is 9.47 Å². The molecule has 2 fully saturated rings. The summed E-state index contributed by atoms with van der Waals surface area (Å²) in [5.74, 6) is -0.186. The molecule has 20 heavy (non-hydrogen) atoms. The van der Waals surface area contributed by atoms with Crippen LogP contribution in [0.4, 0.5) is 4.39 Å². The third kappa shape index (κ3) is 3.03. The van der Waals surface area contributed by atoms with Crippen LogP contribution in [0.1, 0.15) is 37.8 Å². The van der Waals surface area contributed by atoms with Crippen LogP contribution in [-0.4, -0.2) is 31.5 Å². The Hall–Kier alpha value is -0.970. The van der Waals surface area contributed by atoms with Gasteiger partial charge in [-0.25, -0.2) is 4.39 Å². The van der Waals surface area contributed by atoms with Crippen LogP contribution in [0.15, 0.2) is 24.3 Å². The lowest BCUT2D eigenvalue weighted by atomic mass is 9.89. The zero-order valence-electron chi connectivity index (χ0n) is 11.9. The molecule has 110 valence electrons. The van der Waals surface area contributed by atoms with Gasteiger partial charge in [0.15, 0.2) is 0 Å². The van der Waals surface area contributed by atoms with Gasteiger partial charge in [-0.1, -0.05) is 12.1 Å². The van der Waals surface area contributed by atoms with Crippen molar-refractivity contribution < 1.29 is 13.9 Å². The van der Waals surface area contributed by atoms with E-state index in [4.69, 9.17) is 9.47 Å². The van der Waals surface area contributed by atoms with Crippen molar-refractivity contribution in [3.8, 4) is 0 Å². The molecular formula is C16H22FNO2. The van der Waals surface area contributed by atoms with Crippen molar-refractivity contribution in [2.24, 2.45) is 0 Å². The Balaban J connectivity index is 1.60. The summed E-state index contributed by atoms with van der Waals surface area (Å²) in [6.07, 6.45) is 3.02. The molecule has 3 atom stereocenters. The molecule has 3 rings (SSSR count). The van der Waals surface area contributed by atoms with E-state index in [0.29, 0.717) is 6.04 Å². The summed E-state index contributed by atoms with van der Waals surface area (Å²) >= 11 is 0. The van der Waals surface area contributed by atoms with Gasteiger partial charge >= 0.3 is 0 Å². The summed E-state index contributed by atoms with van der Waals surface area (Å²) in [5, 5.41) is 3.65. The maximum absolute atomic E-state index is 13.0. The fourth-order valence-corrected chi connectivity index (χ4v) is 3.23. The normalized spacial score (nSPS) is 31.6. The summed E-state index contributed by atoms with van der Waals surface area (Å²) in [6.45, 7) is 4.44. The van der Waals surface area contributed by atoms with Crippen molar-refractivity contribution in [2.75, 3.05) is 19.8 Å². The zero-order valence-corrected chi connectivity index (χ0v) is 11.9. The highest BCUT2D eigenvalue weighted by Gasteiger charge is 2.41. The number of benzene rings is 1. The Bertz CT molecular complexity index is 442. The van der Waals surface area contributed by atoms with Gasteiger partial charge in [0.1, 0.15) is 5.82 Å². The standard InChI is InChI=1S/C16H22FNO2/c1-12(13-2-4-14(17)5-3-13)18-15-6-8-20-16(10-15)7-9-19-11-16/h2-5,12,15,18H,6-11H2,1H3/t12-,15?,16?/m0/s1. The fourth-order valence-electron chi connectivity index (χ4n) is 3.23. The molecule has 0 aromatic heterocycles. The second kappa shape index (κ2) is 5.80. The third-order valence-corrected chi connectivity index (χ3v) is 4.42. The second-order valence-electron chi connectivity index (χ2n) is 5.96. The van der Waals surface area contributed by atoms with Gasteiger partial charge < -0.3 is 14.8 Å². The van der Waals surface area contributed by atoms with Gasteiger partial charge in [-0.3, -0.25) is 0 Å². The van der Waals surface area contributed by atoms with Gasteiger partial charge in [-0.05, 0) is 37.5 Å². The Morgan fingerprint density at radius 3 is 2.80 bits per heavy atom. The number of halogens is 1. The molecule has 0 aliphatic carbocycles. The monoisotopic (exact) mass is 279 g/mol. The lowest BCUT2D eigenvalue weighted by molar-refractivity contribution is -0.0902. The quantitative estimate of drug-likeness (QED) is 0.923. The van der Waals surface area contributed by atoms with Gasteiger partial charge in [0.05, 0.1) is 12.2 Å². The van der Waals surface area contributed by atoms with E-state index in [9.17, 15) is 4.39 Å². The Morgan fingerprint density at radius 2 is 2.10 bits per heavy atom. The summed E-state index contributed by atoms with van der Waals surface area (Å²) in [5.41, 5.74) is 1.05. The molecule has 1 aromatic carbocycles. The second-order valence-corrected chi connectivity index (χ2v) is 5.96. The molecule has 2 heterocycles. The molecule has 1 aromatic rings. The molecular weight excluding hydrogens is 257 g/mol. The summed E-state index contributed by atoms with van der Waals surface area (Å²) in [4.78, 5) is 0. The predicted octanol–water partition coefficient (Wildman–Crippen LogP) is 2.81. The number of nitrogens with one attached hydrogen (secondary N) is 1. The minimum Gasteiger partial charge on any atom is -0.378 e. The fraction of sp³-hybridized carbons (Fsp3) is 0.625. The predicted molar refractivity (Wildman–Crippen MR) is 75.1 cm³/mol. The third-order valence-electron chi connectivity index (χ3n) is 4.42. The van der Waals surface area contributed by atoms with E-state index < -0.39 is 0 Å². The molecule has 2 unspecified atom stereocenters. The summed E-state index contributed by atoms with van der Waals surface area (Å²) < 4.78 is 24.4. The first-order valence-corrected chi connectivity index (χ1v) is 7.40. The van der Waals surface area contributed by atoms with Gasteiger partial charge in [-0.2, -0.15) is 0 Å². The number of ether oxygens (including phenoxy) is 2. The van der Waals surface area contributed by atoms with Crippen molar-refractivity contribution in [2.45, 2.75) is 43.9 Å². The molecule has 4 heteroatoms. The van der Waals surface area contributed by atoms with E-state index in [1.54, 1.807) is 0 Å². The first kappa shape index (κ1) is 14.0. The van der Waals surface area contributed by atoms with Crippen molar-refractivity contribution in [3.63, 3.8) is 0 Å². The number of hydrogen-bond acceptors (Lipinski definition) is 3. The largest absolute Gasteiger partial charge is 0.378 e. The molecule has 2 aliphatic rings. The molecule has 0 amide bonds. The lowest BCUT2D eigenvalue weighted by Gasteiger charge is -2.38. The minimum atomic E-state index is -0.186. The van der Waals surface area contributed by atoms with Gasteiger partial charge in [-0.15, -0.1) is 0 Å². The molecule has 2 saturated heterocycles. The van der Waals surface area contributed by atoms with Crippen LogP contribution in [0.2, 0.25) is 0 Å². The van der Waals surface area contributed by atoms with Crippen LogP contribution in [0.5, 0.6) is 0 Å². The van der Waals surface area contributed by atoms with Crippen LogP contribution >= 0.6 is 0 Å². The Morgan fingerprint density at radius 1 is 1.30 bits per heavy atom. The molecule has 0 bridgehead atoms. The summed E-state index contributed by atoms with van der Waals surface area (Å²) in [7, 11) is 0. The zero-order chi connectivity index (χ0) is 14.0. The van der Waals surface area contributed by atoms with E-state index in [0.717, 1.165) is 44.6 Å². The average Bonchev–Trinajstić information content (AvgIpc) is 2.87. The van der Waals surface area contributed by atoms with Crippen molar-refractivity contribution in [3.05, 3.63) is 35.6 Å².